The number of rotatable bonds is 5. The SMILES string of the molecule is CCOc1cccc2c(NC(=O)c3ccc(Cl)cc3)c(C(N)=O)oc12. The number of amides is 2. The van der Waals surface area contributed by atoms with Crippen molar-refractivity contribution >= 4 is 40.1 Å². The second-order valence-corrected chi connectivity index (χ2v) is 5.63. The third-order valence-corrected chi connectivity index (χ3v) is 3.80. The van der Waals surface area contributed by atoms with Crippen molar-refractivity contribution < 1.29 is 18.7 Å². The third-order valence-electron chi connectivity index (χ3n) is 3.55. The van der Waals surface area contributed by atoms with E-state index in [-0.39, 0.29) is 11.4 Å². The number of nitrogens with one attached hydrogen (secondary N) is 1. The second kappa shape index (κ2) is 6.86. The molecule has 2 amide bonds. The van der Waals surface area contributed by atoms with Gasteiger partial charge in [0, 0.05) is 16.0 Å². The number of carbonyl (C=O) groups is 2. The largest absolute Gasteiger partial charge is 0.490 e. The maximum Gasteiger partial charge on any atom is 0.286 e. The second-order valence-electron chi connectivity index (χ2n) is 5.20. The van der Waals surface area contributed by atoms with E-state index in [1.54, 1.807) is 42.5 Å². The van der Waals surface area contributed by atoms with E-state index in [0.29, 0.717) is 33.9 Å². The van der Waals surface area contributed by atoms with E-state index >= 15 is 0 Å². The van der Waals surface area contributed by atoms with Gasteiger partial charge in [0.1, 0.15) is 5.69 Å². The number of hydrogen-bond donors (Lipinski definition) is 2. The molecule has 0 aliphatic carbocycles. The normalized spacial score (nSPS) is 10.6. The minimum absolute atomic E-state index is 0.135. The summed E-state index contributed by atoms with van der Waals surface area (Å²) in [5.74, 6) is -0.868. The molecule has 25 heavy (non-hydrogen) atoms. The zero-order chi connectivity index (χ0) is 18.0. The van der Waals surface area contributed by atoms with Crippen LogP contribution in [-0.2, 0) is 0 Å². The molecule has 0 unspecified atom stereocenters. The Morgan fingerprint density at radius 1 is 1.20 bits per heavy atom. The van der Waals surface area contributed by atoms with Crippen LogP contribution in [0.4, 0.5) is 5.69 Å². The summed E-state index contributed by atoms with van der Waals surface area (Å²) in [5.41, 5.74) is 6.34. The zero-order valence-electron chi connectivity index (χ0n) is 13.3. The molecule has 0 fully saturated rings. The molecule has 128 valence electrons. The average Bonchev–Trinajstić information content (AvgIpc) is 2.96. The fourth-order valence-electron chi connectivity index (χ4n) is 2.45. The van der Waals surface area contributed by atoms with Gasteiger partial charge in [-0.15, -0.1) is 0 Å². The summed E-state index contributed by atoms with van der Waals surface area (Å²) in [6.45, 7) is 2.26. The Kier molecular flexibility index (Phi) is 4.63. The van der Waals surface area contributed by atoms with Crippen LogP contribution in [-0.4, -0.2) is 18.4 Å². The van der Waals surface area contributed by atoms with Crippen molar-refractivity contribution in [3.05, 3.63) is 58.8 Å². The molecule has 0 saturated carbocycles. The number of fused-ring (bicyclic) bond motifs is 1. The van der Waals surface area contributed by atoms with Crippen molar-refractivity contribution in [1.29, 1.82) is 0 Å². The molecule has 0 radical (unpaired) electrons. The van der Waals surface area contributed by atoms with Crippen molar-refractivity contribution in [2.45, 2.75) is 6.92 Å². The van der Waals surface area contributed by atoms with Crippen molar-refractivity contribution in [2.24, 2.45) is 5.73 Å². The fourth-order valence-corrected chi connectivity index (χ4v) is 2.57. The van der Waals surface area contributed by atoms with Crippen LogP contribution in [0, 0.1) is 0 Å². The standard InChI is InChI=1S/C18H15ClN2O4/c1-2-24-13-5-3-4-12-14(16(17(20)22)25-15(12)13)21-18(23)10-6-8-11(19)9-7-10/h3-9H,2H2,1H3,(H2,20,22)(H,21,23). The van der Waals surface area contributed by atoms with Gasteiger partial charge < -0.3 is 20.2 Å². The van der Waals surface area contributed by atoms with Gasteiger partial charge in [0.15, 0.2) is 11.3 Å². The smallest absolute Gasteiger partial charge is 0.286 e. The first kappa shape index (κ1) is 16.9. The number of anilines is 1. The predicted molar refractivity (Wildman–Crippen MR) is 95.3 cm³/mol. The number of hydrogen-bond acceptors (Lipinski definition) is 4. The molecule has 7 heteroatoms. The van der Waals surface area contributed by atoms with E-state index < -0.39 is 11.8 Å². The number of primary amides is 1. The van der Waals surface area contributed by atoms with Gasteiger partial charge in [0.2, 0.25) is 5.76 Å². The lowest BCUT2D eigenvalue weighted by molar-refractivity contribution is 0.0977. The molecule has 0 aliphatic heterocycles. The minimum Gasteiger partial charge on any atom is -0.490 e. The highest BCUT2D eigenvalue weighted by atomic mass is 35.5. The van der Waals surface area contributed by atoms with Crippen LogP contribution < -0.4 is 15.8 Å². The van der Waals surface area contributed by atoms with Crippen LogP contribution in [0.5, 0.6) is 5.75 Å². The molecule has 0 bridgehead atoms. The Morgan fingerprint density at radius 2 is 1.92 bits per heavy atom. The molecule has 0 aliphatic rings. The summed E-state index contributed by atoms with van der Waals surface area (Å²) in [6, 6.07) is 11.5. The summed E-state index contributed by atoms with van der Waals surface area (Å²) in [7, 11) is 0. The van der Waals surface area contributed by atoms with Crippen molar-refractivity contribution in [3.8, 4) is 5.75 Å². The summed E-state index contributed by atoms with van der Waals surface area (Å²) >= 11 is 5.83. The number of carbonyl (C=O) groups excluding carboxylic acids is 2. The molecule has 3 aromatic rings. The Morgan fingerprint density at radius 3 is 2.56 bits per heavy atom. The molecular formula is C18H15ClN2O4. The van der Waals surface area contributed by atoms with E-state index in [0.717, 1.165) is 0 Å². The van der Waals surface area contributed by atoms with Crippen LogP contribution in [0.2, 0.25) is 5.02 Å². The first-order chi connectivity index (χ1) is 12.0. The quantitative estimate of drug-likeness (QED) is 0.724. The van der Waals surface area contributed by atoms with Crippen molar-refractivity contribution in [1.82, 2.24) is 0 Å². The first-order valence-corrected chi connectivity index (χ1v) is 7.94. The highest BCUT2D eigenvalue weighted by Gasteiger charge is 2.23. The Labute approximate surface area is 148 Å². The van der Waals surface area contributed by atoms with E-state index in [4.69, 9.17) is 26.5 Å². The van der Waals surface area contributed by atoms with Gasteiger partial charge in [-0.25, -0.2) is 0 Å². The first-order valence-electron chi connectivity index (χ1n) is 7.56. The number of furan rings is 1. The number of ether oxygens (including phenoxy) is 1. The molecule has 1 heterocycles. The number of para-hydroxylation sites is 1. The maximum atomic E-state index is 12.5. The minimum atomic E-state index is -0.787. The van der Waals surface area contributed by atoms with Gasteiger partial charge in [-0.1, -0.05) is 17.7 Å². The average molecular weight is 359 g/mol. The van der Waals surface area contributed by atoms with Gasteiger partial charge in [0.25, 0.3) is 11.8 Å². The molecular weight excluding hydrogens is 344 g/mol. The number of halogens is 1. The van der Waals surface area contributed by atoms with Gasteiger partial charge in [0.05, 0.1) is 6.61 Å². The van der Waals surface area contributed by atoms with E-state index in [9.17, 15) is 9.59 Å². The molecule has 0 saturated heterocycles. The van der Waals surface area contributed by atoms with E-state index in [1.807, 2.05) is 6.92 Å². The van der Waals surface area contributed by atoms with Crippen LogP contribution in [0.15, 0.2) is 46.9 Å². The van der Waals surface area contributed by atoms with Crippen molar-refractivity contribution in [2.75, 3.05) is 11.9 Å². The lowest BCUT2D eigenvalue weighted by Crippen LogP contribution is -2.17. The van der Waals surface area contributed by atoms with Gasteiger partial charge in [-0.05, 0) is 43.3 Å². The van der Waals surface area contributed by atoms with Crippen LogP contribution in [0.25, 0.3) is 11.0 Å². The predicted octanol–water partition coefficient (Wildman–Crippen LogP) is 3.84. The monoisotopic (exact) mass is 358 g/mol. The summed E-state index contributed by atoms with van der Waals surface area (Å²) in [4.78, 5) is 24.2. The Bertz CT molecular complexity index is 948. The van der Waals surface area contributed by atoms with Crippen molar-refractivity contribution in [3.63, 3.8) is 0 Å². The summed E-state index contributed by atoms with van der Waals surface area (Å²) in [5, 5.41) is 3.74. The van der Waals surface area contributed by atoms with E-state index in [1.165, 1.54) is 0 Å². The van der Waals surface area contributed by atoms with Crippen LogP contribution in [0.1, 0.15) is 27.8 Å². The fraction of sp³-hybridized carbons (Fsp3) is 0.111. The molecule has 6 nitrogen and oxygen atoms in total. The number of nitrogens with two attached hydrogens (primary N) is 1. The molecule has 3 rings (SSSR count). The topological polar surface area (TPSA) is 94.6 Å². The third kappa shape index (κ3) is 3.29. The molecule has 3 N–H and O–H groups in total. The highest BCUT2D eigenvalue weighted by Crippen LogP contribution is 2.36. The summed E-state index contributed by atoms with van der Waals surface area (Å²) in [6.07, 6.45) is 0. The lowest BCUT2D eigenvalue weighted by atomic mass is 10.1. The molecule has 0 atom stereocenters. The zero-order valence-corrected chi connectivity index (χ0v) is 14.1. The van der Waals surface area contributed by atoms with Gasteiger partial charge in [-0.3, -0.25) is 9.59 Å². The van der Waals surface area contributed by atoms with Crippen LogP contribution >= 0.6 is 11.6 Å². The molecule has 0 spiro atoms. The molecule has 2 aromatic carbocycles. The van der Waals surface area contributed by atoms with E-state index in [2.05, 4.69) is 5.32 Å². The highest BCUT2D eigenvalue weighted by molar-refractivity contribution is 6.30. The van der Waals surface area contributed by atoms with Gasteiger partial charge in [-0.2, -0.15) is 0 Å². The Hall–Kier alpha value is -2.99. The maximum absolute atomic E-state index is 12.5. The van der Waals surface area contributed by atoms with Crippen LogP contribution in [0.3, 0.4) is 0 Å². The van der Waals surface area contributed by atoms with Gasteiger partial charge >= 0.3 is 0 Å². The summed E-state index contributed by atoms with van der Waals surface area (Å²) < 4.78 is 11.1. The number of benzene rings is 2. The lowest BCUT2D eigenvalue weighted by Gasteiger charge is -2.05. The Balaban J connectivity index is 2.06. The molecule has 1 aromatic heterocycles.